The van der Waals surface area contributed by atoms with Crippen LogP contribution in [0.25, 0.3) is 0 Å². The molecule has 0 aromatic rings. The molecule has 3 heteroatoms. The highest BCUT2D eigenvalue weighted by atomic mass is 16.7. The van der Waals surface area contributed by atoms with Gasteiger partial charge in [-0.2, -0.15) is 0 Å². The lowest BCUT2D eigenvalue weighted by molar-refractivity contribution is -0.247. The first kappa shape index (κ1) is 12.9. The quantitative estimate of drug-likeness (QED) is 0.756. The second-order valence-electron chi connectivity index (χ2n) is 4.97. The predicted molar refractivity (Wildman–Crippen MR) is 68.7 cm³/mol. The maximum Gasteiger partial charge on any atom is 0.212 e. The third kappa shape index (κ3) is 2.66. The molecule has 0 radical (unpaired) electrons. The van der Waals surface area contributed by atoms with Gasteiger partial charge in [0.2, 0.25) is 5.79 Å². The number of allylic oxidation sites excluding steroid dienone is 1. The van der Waals surface area contributed by atoms with Crippen LogP contribution >= 0.6 is 0 Å². The Balaban J connectivity index is 2.03. The van der Waals surface area contributed by atoms with Crippen LogP contribution in [0.3, 0.4) is 0 Å². The fraction of sp³-hybridized carbons (Fsp3) is 0.857. The van der Waals surface area contributed by atoms with Gasteiger partial charge in [-0.1, -0.05) is 20.8 Å². The highest BCUT2D eigenvalue weighted by molar-refractivity contribution is 5.12. The van der Waals surface area contributed by atoms with Gasteiger partial charge in [-0.3, -0.25) is 0 Å². The Morgan fingerprint density at radius 1 is 1.12 bits per heavy atom. The highest BCUT2D eigenvalue weighted by Gasteiger charge is 2.40. The molecule has 0 atom stereocenters. The first-order chi connectivity index (χ1) is 8.23. The smallest absolute Gasteiger partial charge is 0.212 e. The van der Waals surface area contributed by atoms with Gasteiger partial charge in [0, 0.05) is 32.4 Å². The zero-order valence-electron chi connectivity index (χ0n) is 11.4. The lowest BCUT2D eigenvalue weighted by Gasteiger charge is -2.44. The molecular weight excluding hydrogens is 214 g/mol. The van der Waals surface area contributed by atoms with Crippen LogP contribution < -0.4 is 0 Å². The average Bonchev–Trinajstić information content (AvgIpc) is 2.39. The normalized spacial score (nSPS) is 25.1. The molecule has 1 spiro atoms. The van der Waals surface area contributed by atoms with Crippen molar-refractivity contribution in [1.82, 2.24) is 4.90 Å². The molecule has 2 rings (SSSR count). The molecule has 3 nitrogen and oxygen atoms in total. The summed E-state index contributed by atoms with van der Waals surface area (Å²) in [6, 6.07) is 0. The molecule has 0 bridgehead atoms. The zero-order chi connectivity index (χ0) is 12.3. The van der Waals surface area contributed by atoms with Gasteiger partial charge in [0.15, 0.2) is 0 Å². The van der Waals surface area contributed by atoms with Crippen molar-refractivity contribution in [2.45, 2.75) is 52.2 Å². The third-order valence-electron chi connectivity index (χ3n) is 4.03. The Morgan fingerprint density at radius 2 is 1.82 bits per heavy atom. The van der Waals surface area contributed by atoms with E-state index in [0.717, 1.165) is 51.9 Å². The summed E-state index contributed by atoms with van der Waals surface area (Å²) < 4.78 is 12.2. The number of piperidine rings is 1. The van der Waals surface area contributed by atoms with Crippen molar-refractivity contribution in [1.29, 1.82) is 0 Å². The molecular formula is C14H25NO2. The van der Waals surface area contributed by atoms with E-state index in [2.05, 4.69) is 25.7 Å². The molecule has 98 valence electrons. The zero-order valence-corrected chi connectivity index (χ0v) is 11.4. The molecule has 2 heterocycles. The first-order valence-corrected chi connectivity index (χ1v) is 6.99. The summed E-state index contributed by atoms with van der Waals surface area (Å²) in [5, 5.41) is 0. The van der Waals surface area contributed by atoms with Crippen LogP contribution in [0.15, 0.2) is 11.3 Å². The second-order valence-corrected chi connectivity index (χ2v) is 4.97. The standard InChI is InChI=1S/C14H25NO2/c1-4-12-11-16-14(17-13(12)5-2)7-9-15(6-3)10-8-14/h4-11H2,1-3H3. The van der Waals surface area contributed by atoms with Crippen molar-refractivity contribution in [2.24, 2.45) is 0 Å². The van der Waals surface area contributed by atoms with E-state index in [9.17, 15) is 0 Å². The lowest BCUT2D eigenvalue weighted by atomic mass is 10.0. The van der Waals surface area contributed by atoms with E-state index in [1.54, 1.807) is 0 Å². The summed E-state index contributed by atoms with van der Waals surface area (Å²) in [7, 11) is 0. The van der Waals surface area contributed by atoms with Gasteiger partial charge in [-0.15, -0.1) is 0 Å². The molecule has 2 aliphatic rings. The molecule has 2 aliphatic heterocycles. The number of hydrogen-bond acceptors (Lipinski definition) is 3. The maximum absolute atomic E-state index is 6.19. The Labute approximate surface area is 105 Å². The Hall–Kier alpha value is -0.540. The average molecular weight is 239 g/mol. The van der Waals surface area contributed by atoms with Gasteiger partial charge in [0.1, 0.15) is 5.76 Å². The molecule has 0 unspecified atom stereocenters. The van der Waals surface area contributed by atoms with Crippen LogP contribution in [0.2, 0.25) is 0 Å². The van der Waals surface area contributed by atoms with Crippen LogP contribution in [-0.4, -0.2) is 36.9 Å². The molecule has 1 saturated heterocycles. The maximum atomic E-state index is 6.19. The fourth-order valence-electron chi connectivity index (χ4n) is 2.70. The van der Waals surface area contributed by atoms with Crippen LogP contribution in [0.4, 0.5) is 0 Å². The van der Waals surface area contributed by atoms with Crippen molar-refractivity contribution >= 4 is 0 Å². The molecule has 17 heavy (non-hydrogen) atoms. The Morgan fingerprint density at radius 3 is 2.35 bits per heavy atom. The molecule has 0 aliphatic carbocycles. The van der Waals surface area contributed by atoms with Gasteiger partial charge in [-0.25, -0.2) is 0 Å². The first-order valence-electron chi connectivity index (χ1n) is 6.99. The minimum Gasteiger partial charge on any atom is -0.467 e. The Bertz CT molecular complexity index is 291. The molecule has 1 fully saturated rings. The van der Waals surface area contributed by atoms with Gasteiger partial charge in [0.25, 0.3) is 0 Å². The van der Waals surface area contributed by atoms with Crippen LogP contribution in [-0.2, 0) is 9.47 Å². The molecule has 0 amide bonds. The van der Waals surface area contributed by atoms with Crippen molar-refractivity contribution in [2.75, 3.05) is 26.2 Å². The molecule has 0 saturated carbocycles. The van der Waals surface area contributed by atoms with E-state index in [-0.39, 0.29) is 5.79 Å². The summed E-state index contributed by atoms with van der Waals surface area (Å²) in [4.78, 5) is 2.46. The Kier molecular flexibility index (Phi) is 4.10. The fourth-order valence-corrected chi connectivity index (χ4v) is 2.70. The topological polar surface area (TPSA) is 21.7 Å². The summed E-state index contributed by atoms with van der Waals surface area (Å²) >= 11 is 0. The number of likely N-dealkylation sites (tertiary alicyclic amines) is 1. The monoisotopic (exact) mass is 239 g/mol. The minimum absolute atomic E-state index is 0.310. The summed E-state index contributed by atoms with van der Waals surface area (Å²) in [5.41, 5.74) is 1.34. The molecule has 0 N–H and O–H groups in total. The van der Waals surface area contributed by atoms with Crippen molar-refractivity contribution in [3.63, 3.8) is 0 Å². The van der Waals surface area contributed by atoms with E-state index in [4.69, 9.17) is 9.47 Å². The van der Waals surface area contributed by atoms with Gasteiger partial charge in [0.05, 0.1) is 6.61 Å². The van der Waals surface area contributed by atoms with Crippen molar-refractivity contribution in [3.05, 3.63) is 11.3 Å². The van der Waals surface area contributed by atoms with Gasteiger partial charge < -0.3 is 14.4 Å². The highest BCUT2D eigenvalue weighted by Crippen LogP contribution is 2.36. The van der Waals surface area contributed by atoms with Crippen molar-refractivity contribution in [3.8, 4) is 0 Å². The lowest BCUT2D eigenvalue weighted by Crippen LogP contribution is -2.49. The van der Waals surface area contributed by atoms with E-state index in [1.807, 2.05) is 0 Å². The second kappa shape index (κ2) is 5.40. The number of ether oxygens (including phenoxy) is 2. The van der Waals surface area contributed by atoms with Crippen LogP contribution in [0, 0.1) is 0 Å². The number of hydrogen-bond donors (Lipinski definition) is 0. The van der Waals surface area contributed by atoms with Crippen molar-refractivity contribution < 1.29 is 9.47 Å². The largest absolute Gasteiger partial charge is 0.467 e. The van der Waals surface area contributed by atoms with E-state index in [1.165, 1.54) is 11.3 Å². The number of rotatable bonds is 3. The van der Waals surface area contributed by atoms with E-state index >= 15 is 0 Å². The summed E-state index contributed by atoms with van der Waals surface area (Å²) in [5.74, 6) is 0.874. The van der Waals surface area contributed by atoms with Crippen LogP contribution in [0.1, 0.15) is 46.5 Å². The number of nitrogens with zero attached hydrogens (tertiary/aromatic N) is 1. The van der Waals surface area contributed by atoms with E-state index < -0.39 is 0 Å². The summed E-state index contributed by atoms with van der Waals surface area (Å²) in [6.07, 6.45) is 4.04. The minimum atomic E-state index is -0.310. The third-order valence-corrected chi connectivity index (χ3v) is 4.03. The van der Waals surface area contributed by atoms with E-state index in [0.29, 0.717) is 0 Å². The SMILES string of the molecule is CCC1=C(CC)OC2(CCN(CC)CC2)OC1. The van der Waals surface area contributed by atoms with Gasteiger partial charge >= 0.3 is 0 Å². The van der Waals surface area contributed by atoms with Gasteiger partial charge in [-0.05, 0) is 18.5 Å². The molecule has 0 aromatic carbocycles. The molecule has 0 aromatic heterocycles. The predicted octanol–water partition coefficient (Wildman–Crippen LogP) is 2.92. The van der Waals surface area contributed by atoms with Crippen LogP contribution in [0.5, 0.6) is 0 Å². The summed E-state index contributed by atoms with van der Waals surface area (Å²) in [6.45, 7) is 10.6.